The van der Waals surface area contributed by atoms with E-state index in [1.165, 1.54) is 0 Å². The number of amides is 1. The van der Waals surface area contributed by atoms with Gasteiger partial charge in [-0.15, -0.1) is 0 Å². The van der Waals surface area contributed by atoms with Crippen molar-refractivity contribution in [3.63, 3.8) is 0 Å². The van der Waals surface area contributed by atoms with E-state index in [1.54, 1.807) is 10.9 Å². The summed E-state index contributed by atoms with van der Waals surface area (Å²) < 4.78 is 0. The van der Waals surface area contributed by atoms with E-state index in [4.69, 9.17) is 0 Å². The minimum atomic E-state index is 0.148. The first-order valence-electron chi connectivity index (χ1n) is 4.84. The third kappa shape index (κ3) is 4.75. The molecule has 0 aliphatic heterocycles. The summed E-state index contributed by atoms with van der Waals surface area (Å²) in [6, 6.07) is 0. The van der Waals surface area contributed by atoms with Crippen molar-refractivity contribution >= 4 is 20.9 Å². The second kappa shape index (κ2) is 7.25. The van der Waals surface area contributed by atoms with Crippen molar-refractivity contribution in [2.45, 2.75) is 13.3 Å². The number of hydrogen-bond donors (Lipinski definition) is 0. The van der Waals surface area contributed by atoms with Gasteiger partial charge in [-0.2, -0.15) is 0 Å². The number of carbonyl (C=O) groups is 1. The molecule has 0 spiro atoms. The molecule has 74 valence electrons. The molecule has 0 aliphatic rings. The Kier molecular flexibility index (Phi) is 6.63. The molecule has 0 aromatic heterocycles. The summed E-state index contributed by atoms with van der Waals surface area (Å²) in [6.45, 7) is 5.52. The Hall–Kier alpha value is -1.18. The largest absolute Gasteiger partial charge is 0.400 e. The van der Waals surface area contributed by atoms with Crippen LogP contribution in [0.2, 0.25) is 0 Å². The number of carbonyl (C=O) groups excluding carboxylic acids is 1. The molecule has 0 rings (SSSR count). The lowest BCUT2D eigenvalue weighted by atomic mass is 9.65. The Balaban J connectivity index is 4.27. The van der Waals surface area contributed by atoms with E-state index in [2.05, 4.69) is 6.58 Å². The van der Waals surface area contributed by atoms with Crippen molar-refractivity contribution in [1.82, 2.24) is 4.81 Å². The van der Waals surface area contributed by atoms with Crippen molar-refractivity contribution in [1.29, 1.82) is 0 Å². The van der Waals surface area contributed by atoms with Crippen LogP contribution in [-0.4, -0.2) is 32.8 Å². The van der Waals surface area contributed by atoms with Gasteiger partial charge >= 0.3 is 0 Å². The van der Waals surface area contributed by atoms with Crippen molar-refractivity contribution in [3.05, 3.63) is 36.5 Å². The van der Waals surface area contributed by atoms with Gasteiger partial charge in [-0.3, -0.25) is 4.79 Å². The van der Waals surface area contributed by atoms with E-state index in [9.17, 15) is 4.79 Å². The minimum absolute atomic E-state index is 0.148. The van der Waals surface area contributed by atoms with Crippen LogP contribution in [0, 0.1) is 0 Å². The highest BCUT2D eigenvalue weighted by Crippen LogP contribution is 2.05. The average molecular weight is 189 g/mol. The lowest BCUT2D eigenvalue weighted by molar-refractivity contribution is -0.125. The molecule has 0 N–H and O–H groups in total. The summed E-state index contributed by atoms with van der Waals surface area (Å²) in [5.41, 5.74) is 1.02. The average Bonchev–Trinajstić information content (AvgIpc) is 2.22. The molecule has 0 heterocycles. The van der Waals surface area contributed by atoms with Crippen LogP contribution in [0.15, 0.2) is 36.5 Å². The first-order chi connectivity index (χ1) is 6.65. The second-order valence-electron chi connectivity index (χ2n) is 3.04. The molecule has 0 aromatic carbocycles. The Labute approximate surface area is 88.0 Å². The SMILES string of the molecule is BBN(C)C(=O)CC(/C=C\C=C)=C/C. The van der Waals surface area contributed by atoms with Gasteiger partial charge in [0.25, 0.3) is 0 Å². The summed E-state index contributed by atoms with van der Waals surface area (Å²) in [4.78, 5) is 13.2. The fraction of sp³-hybridized carbons (Fsp3) is 0.300. The molecule has 0 fully saturated rings. The van der Waals surface area contributed by atoms with E-state index in [-0.39, 0.29) is 5.91 Å². The fourth-order valence-corrected chi connectivity index (χ4v) is 0.935. The van der Waals surface area contributed by atoms with Crippen LogP contribution in [0.4, 0.5) is 0 Å². The van der Waals surface area contributed by atoms with Gasteiger partial charge in [0.2, 0.25) is 5.91 Å². The Morgan fingerprint density at radius 3 is 2.71 bits per heavy atom. The topological polar surface area (TPSA) is 20.3 Å². The Morgan fingerprint density at radius 2 is 2.29 bits per heavy atom. The van der Waals surface area contributed by atoms with Gasteiger partial charge in [-0.25, -0.2) is 0 Å². The van der Waals surface area contributed by atoms with Crippen LogP contribution < -0.4 is 0 Å². The zero-order valence-electron chi connectivity index (χ0n) is 9.29. The first kappa shape index (κ1) is 12.8. The van der Waals surface area contributed by atoms with Gasteiger partial charge in [-0.05, 0) is 19.5 Å². The molecule has 14 heavy (non-hydrogen) atoms. The van der Waals surface area contributed by atoms with E-state index in [1.807, 2.05) is 39.9 Å². The zero-order chi connectivity index (χ0) is 11.0. The number of nitrogens with zero attached hydrogens (tertiary/aromatic N) is 1. The van der Waals surface area contributed by atoms with Gasteiger partial charge in [-0.1, -0.05) is 30.9 Å². The Morgan fingerprint density at radius 1 is 1.64 bits per heavy atom. The Bertz CT molecular complexity index is 259. The molecular weight excluding hydrogens is 172 g/mol. The quantitative estimate of drug-likeness (QED) is 0.453. The normalized spacial score (nSPS) is 11.4. The summed E-state index contributed by atoms with van der Waals surface area (Å²) in [5, 5.41) is 0. The molecule has 0 atom stereocenters. The minimum Gasteiger partial charge on any atom is -0.400 e. The molecule has 0 radical (unpaired) electrons. The monoisotopic (exact) mass is 189 g/mol. The zero-order valence-corrected chi connectivity index (χ0v) is 9.29. The third-order valence-electron chi connectivity index (χ3n) is 2.07. The van der Waals surface area contributed by atoms with Crippen LogP contribution in [-0.2, 0) is 4.79 Å². The first-order valence-corrected chi connectivity index (χ1v) is 4.84. The van der Waals surface area contributed by atoms with Crippen LogP contribution >= 0.6 is 0 Å². The van der Waals surface area contributed by atoms with Crippen LogP contribution in [0.3, 0.4) is 0 Å². The maximum absolute atomic E-state index is 11.5. The lowest BCUT2D eigenvalue weighted by Crippen LogP contribution is -2.30. The lowest BCUT2D eigenvalue weighted by Gasteiger charge is -2.14. The van der Waals surface area contributed by atoms with Crippen molar-refractivity contribution in [3.8, 4) is 0 Å². The molecule has 0 unspecified atom stereocenters. The molecule has 0 saturated carbocycles. The standard InChI is InChI=1S/C10H17B2NO/c1-4-6-7-9(5-2)8-10(14)13(3)12-11/h4-7,12H,1,8,11H2,2-3H3/b7-6-,9-5+. The molecule has 0 saturated heterocycles. The van der Waals surface area contributed by atoms with E-state index in [0.29, 0.717) is 6.42 Å². The molecule has 0 bridgehead atoms. The van der Waals surface area contributed by atoms with E-state index >= 15 is 0 Å². The van der Waals surface area contributed by atoms with Crippen molar-refractivity contribution in [2.24, 2.45) is 0 Å². The predicted molar refractivity (Wildman–Crippen MR) is 66.2 cm³/mol. The van der Waals surface area contributed by atoms with Crippen LogP contribution in [0.1, 0.15) is 13.3 Å². The highest BCUT2D eigenvalue weighted by Gasteiger charge is 2.07. The van der Waals surface area contributed by atoms with Crippen molar-refractivity contribution < 1.29 is 4.79 Å². The highest BCUT2D eigenvalue weighted by atomic mass is 16.2. The van der Waals surface area contributed by atoms with Gasteiger partial charge < -0.3 is 4.81 Å². The maximum Gasteiger partial charge on any atom is 0.214 e. The maximum atomic E-state index is 11.5. The van der Waals surface area contributed by atoms with Gasteiger partial charge in [0, 0.05) is 0 Å². The number of rotatable bonds is 5. The van der Waals surface area contributed by atoms with Gasteiger partial charge in [0.05, 0.1) is 14.2 Å². The summed E-state index contributed by atoms with van der Waals surface area (Å²) in [7, 11) is 4.53. The molecule has 1 amide bonds. The number of hydrogen-bond acceptors (Lipinski definition) is 1. The highest BCUT2D eigenvalue weighted by molar-refractivity contribution is 6.88. The van der Waals surface area contributed by atoms with E-state index in [0.717, 1.165) is 12.9 Å². The molecule has 2 nitrogen and oxygen atoms in total. The summed E-state index contributed by atoms with van der Waals surface area (Å²) in [6.07, 6.45) is 7.87. The van der Waals surface area contributed by atoms with Crippen LogP contribution in [0.5, 0.6) is 0 Å². The second-order valence-corrected chi connectivity index (χ2v) is 3.04. The third-order valence-corrected chi connectivity index (χ3v) is 2.07. The summed E-state index contributed by atoms with van der Waals surface area (Å²) >= 11 is 0. The number of allylic oxidation sites excluding steroid dienone is 4. The van der Waals surface area contributed by atoms with Gasteiger partial charge in [0.1, 0.15) is 0 Å². The van der Waals surface area contributed by atoms with Crippen molar-refractivity contribution in [2.75, 3.05) is 7.05 Å². The molecule has 4 heteroatoms. The van der Waals surface area contributed by atoms with Gasteiger partial charge in [0.15, 0.2) is 7.31 Å². The predicted octanol–water partition coefficient (Wildman–Crippen LogP) is 0.423. The molecule has 0 aromatic rings. The fourth-order valence-electron chi connectivity index (χ4n) is 0.935. The van der Waals surface area contributed by atoms with Crippen LogP contribution in [0.25, 0.3) is 0 Å². The molecular formula is C10H17B2NO. The van der Waals surface area contributed by atoms with E-state index < -0.39 is 0 Å². The smallest absolute Gasteiger partial charge is 0.214 e. The molecule has 0 aliphatic carbocycles. The summed E-state index contributed by atoms with van der Waals surface area (Å²) in [5.74, 6) is 0.148.